The first-order valence-electron chi connectivity index (χ1n) is 19.3. The van der Waals surface area contributed by atoms with Crippen LogP contribution in [0.25, 0.3) is 98.7 Å². The van der Waals surface area contributed by atoms with Crippen LogP contribution in [-0.4, -0.2) is 0 Å². The topological polar surface area (TPSA) is 0 Å². The third-order valence-electron chi connectivity index (χ3n) is 12.2. The predicted octanol–water partition coefficient (Wildman–Crippen LogP) is 15.3. The molecule has 10 aromatic carbocycles. The first kappa shape index (κ1) is 31.7. The van der Waals surface area contributed by atoms with Gasteiger partial charge in [-0.15, -0.1) is 0 Å². The zero-order valence-corrected chi connectivity index (χ0v) is 31.0. The molecule has 0 fully saturated rings. The molecule has 0 N–H and O–H groups in total. The standard InChI is InChI=1S/C55H38/c1-55(2)51-29-28-40(33-49(51)50-32-38-16-5-6-17-39(38)34-52(50)55)37-18-13-19-42(31-37)53-45-22-9-11-24-47(45)54(48-25-12-10-23-46(48)53)44-21-8-7-20-43(44)41-27-26-35-14-3-4-15-36(35)30-41/h3-34H,1-2H3. The van der Waals surface area contributed by atoms with E-state index in [9.17, 15) is 0 Å². The summed E-state index contributed by atoms with van der Waals surface area (Å²) in [6.45, 7) is 4.74. The molecule has 0 saturated carbocycles. The zero-order chi connectivity index (χ0) is 36.7. The Morgan fingerprint density at radius 3 is 1.49 bits per heavy atom. The highest BCUT2D eigenvalue weighted by atomic mass is 14.4. The fourth-order valence-corrected chi connectivity index (χ4v) is 9.51. The van der Waals surface area contributed by atoms with Gasteiger partial charge in [-0.1, -0.05) is 178 Å². The highest BCUT2D eigenvalue weighted by Gasteiger charge is 2.35. The quantitative estimate of drug-likeness (QED) is 0.161. The van der Waals surface area contributed by atoms with Crippen LogP contribution in [0.5, 0.6) is 0 Å². The van der Waals surface area contributed by atoms with Crippen molar-refractivity contribution in [3.63, 3.8) is 0 Å². The van der Waals surface area contributed by atoms with Crippen LogP contribution in [0.4, 0.5) is 0 Å². The van der Waals surface area contributed by atoms with Gasteiger partial charge in [-0.25, -0.2) is 0 Å². The summed E-state index contributed by atoms with van der Waals surface area (Å²) in [6, 6.07) is 72.3. The molecule has 258 valence electrons. The van der Waals surface area contributed by atoms with Crippen LogP contribution in [0.1, 0.15) is 25.0 Å². The molecule has 0 aromatic heterocycles. The third-order valence-corrected chi connectivity index (χ3v) is 12.2. The molecule has 0 atom stereocenters. The highest BCUT2D eigenvalue weighted by molar-refractivity contribution is 6.22. The molecule has 0 nitrogen and oxygen atoms in total. The van der Waals surface area contributed by atoms with Gasteiger partial charge in [-0.3, -0.25) is 0 Å². The lowest BCUT2D eigenvalue weighted by molar-refractivity contribution is 0.661. The average molecular weight is 699 g/mol. The molecular weight excluding hydrogens is 661 g/mol. The second-order valence-corrected chi connectivity index (χ2v) is 15.7. The number of benzene rings is 10. The first-order valence-corrected chi connectivity index (χ1v) is 19.3. The second-order valence-electron chi connectivity index (χ2n) is 15.7. The van der Waals surface area contributed by atoms with E-state index in [0.717, 1.165) is 0 Å². The molecule has 0 bridgehead atoms. The van der Waals surface area contributed by atoms with Crippen LogP contribution >= 0.6 is 0 Å². The average Bonchev–Trinajstić information content (AvgIpc) is 3.46. The summed E-state index contributed by atoms with van der Waals surface area (Å²) in [5, 5.41) is 10.2. The normalized spacial score (nSPS) is 13.1. The largest absolute Gasteiger partial charge is 0.0616 e. The fraction of sp³-hybridized carbons (Fsp3) is 0.0545. The second kappa shape index (κ2) is 12.1. The SMILES string of the molecule is CC1(C)c2ccc(-c3cccc(-c4c5ccccc5c(-c5ccccc5-c5ccc6ccccc6c5)c5ccccc45)c3)cc2-c2cc3ccccc3cc21. The van der Waals surface area contributed by atoms with Crippen molar-refractivity contribution in [2.45, 2.75) is 19.3 Å². The Labute approximate surface area is 322 Å². The Morgan fingerprint density at radius 2 is 0.782 bits per heavy atom. The molecule has 1 aliphatic carbocycles. The molecule has 0 amide bonds. The summed E-state index contributed by atoms with van der Waals surface area (Å²) in [6.07, 6.45) is 0. The van der Waals surface area contributed by atoms with Gasteiger partial charge in [0, 0.05) is 5.41 Å². The van der Waals surface area contributed by atoms with Gasteiger partial charge < -0.3 is 0 Å². The maximum atomic E-state index is 2.43. The molecule has 0 spiro atoms. The van der Waals surface area contributed by atoms with Crippen molar-refractivity contribution in [1.29, 1.82) is 0 Å². The fourth-order valence-electron chi connectivity index (χ4n) is 9.51. The first-order chi connectivity index (χ1) is 27.0. The monoisotopic (exact) mass is 698 g/mol. The van der Waals surface area contributed by atoms with Gasteiger partial charge in [0.15, 0.2) is 0 Å². The Kier molecular flexibility index (Phi) is 7.00. The van der Waals surface area contributed by atoms with Crippen molar-refractivity contribution < 1.29 is 0 Å². The lowest BCUT2D eigenvalue weighted by Crippen LogP contribution is -2.14. The predicted molar refractivity (Wildman–Crippen MR) is 236 cm³/mol. The van der Waals surface area contributed by atoms with Crippen LogP contribution in [-0.2, 0) is 5.41 Å². The smallest absolute Gasteiger partial charge is 0.0159 e. The summed E-state index contributed by atoms with van der Waals surface area (Å²) >= 11 is 0. The number of fused-ring (bicyclic) bond motifs is 7. The Hall–Kier alpha value is -6.76. The molecule has 55 heavy (non-hydrogen) atoms. The molecule has 0 radical (unpaired) electrons. The molecule has 10 aromatic rings. The summed E-state index contributed by atoms with van der Waals surface area (Å²) in [5.74, 6) is 0. The maximum Gasteiger partial charge on any atom is 0.0159 e. The minimum atomic E-state index is -0.0540. The number of rotatable bonds is 4. The summed E-state index contributed by atoms with van der Waals surface area (Å²) in [4.78, 5) is 0. The molecule has 0 aliphatic heterocycles. The Morgan fingerprint density at radius 1 is 0.273 bits per heavy atom. The van der Waals surface area contributed by atoms with E-state index in [1.165, 1.54) is 110 Å². The van der Waals surface area contributed by atoms with E-state index in [2.05, 4.69) is 208 Å². The van der Waals surface area contributed by atoms with E-state index in [1.807, 2.05) is 0 Å². The molecule has 11 rings (SSSR count). The molecule has 1 aliphatic rings. The van der Waals surface area contributed by atoms with Gasteiger partial charge in [0.25, 0.3) is 0 Å². The molecule has 0 heteroatoms. The van der Waals surface area contributed by atoms with Gasteiger partial charge >= 0.3 is 0 Å². The van der Waals surface area contributed by atoms with Crippen molar-refractivity contribution in [1.82, 2.24) is 0 Å². The number of hydrogen-bond donors (Lipinski definition) is 0. The van der Waals surface area contributed by atoms with E-state index in [0.29, 0.717) is 0 Å². The Bertz CT molecular complexity index is 3120. The molecule has 0 unspecified atom stereocenters. The molecule has 0 heterocycles. The van der Waals surface area contributed by atoms with E-state index in [4.69, 9.17) is 0 Å². The van der Waals surface area contributed by atoms with Crippen LogP contribution in [0.15, 0.2) is 194 Å². The number of hydrogen-bond acceptors (Lipinski definition) is 0. The van der Waals surface area contributed by atoms with Crippen LogP contribution in [0.3, 0.4) is 0 Å². The van der Waals surface area contributed by atoms with Gasteiger partial charge in [0.1, 0.15) is 0 Å². The maximum absolute atomic E-state index is 2.43. The van der Waals surface area contributed by atoms with E-state index >= 15 is 0 Å². The summed E-state index contributed by atoms with van der Waals surface area (Å²) in [5.41, 5.74) is 15.4. The van der Waals surface area contributed by atoms with E-state index in [1.54, 1.807) is 0 Å². The van der Waals surface area contributed by atoms with E-state index < -0.39 is 0 Å². The van der Waals surface area contributed by atoms with Gasteiger partial charge in [0.2, 0.25) is 0 Å². The van der Waals surface area contributed by atoms with Gasteiger partial charge in [-0.2, -0.15) is 0 Å². The minimum absolute atomic E-state index is 0.0540. The van der Waals surface area contributed by atoms with Crippen molar-refractivity contribution in [3.05, 3.63) is 205 Å². The zero-order valence-electron chi connectivity index (χ0n) is 31.0. The van der Waals surface area contributed by atoms with Crippen LogP contribution in [0.2, 0.25) is 0 Å². The van der Waals surface area contributed by atoms with Crippen molar-refractivity contribution in [2.24, 2.45) is 0 Å². The highest BCUT2D eigenvalue weighted by Crippen LogP contribution is 2.51. The Balaban J connectivity index is 1.09. The van der Waals surface area contributed by atoms with Crippen molar-refractivity contribution in [3.8, 4) is 55.6 Å². The van der Waals surface area contributed by atoms with E-state index in [-0.39, 0.29) is 5.41 Å². The van der Waals surface area contributed by atoms with Gasteiger partial charge in [0.05, 0.1) is 0 Å². The van der Waals surface area contributed by atoms with Crippen molar-refractivity contribution in [2.75, 3.05) is 0 Å². The van der Waals surface area contributed by atoms with Gasteiger partial charge in [-0.05, 0) is 140 Å². The molecular formula is C55H38. The minimum Gasteiger partial charge on any atom is -0.0616 e. The lowest BCUT2D eigenvalue weighted by Gasteiger charge is -2.22. The lowest BCUT2D eigenvalue weighted by atomic mass is 9.81. The van der Waals surface area contributed by atoms with Crippen molar-refractivity contribution >= 4 is 43.1 Å². The van der Waals surface area contributed by atoms with Crippen LogP contribution < -0.4 is 0 Å². The summed E-state index contributed by atoms with van der Waals surface area (Å²) < 4.78 is 0. The third kappa shape index (κ3) is 4.92. The van der Waals surface area contributed by atoms with Crippen LogP contribution in [0, 0.1) is 0 Å². The summed E-state index contributed by atoms with van der Waals surface area (Å²) in [7, 11) is 0. The molecule has 0 saturated heterocycles.